The van der Waals surface area contributed by atoms with Gasteiger partial charge in [-0.05, 0) is 45.1 Å². The maximum atomic E-state index is 10.9. The van der Waals surface area contributed by atoms with E-state index in [0.717, 1.165) is 17.5 Å². The Labute approximate surface area is 140 Å². The zero-order valence-electron chi connectivity index (χ0n) is 15.2. The summed E-state index contributed by atoms with van der Waals surface area (Å²) in [6.07, 6.45) is 1.11. The van der Waals surface area contributed by atoms with E-state index in [1.807, 2.05) is 0 Å². The summed E-state index contributed by atoms with van der Waals surface area (Å²) in [5.41, 5.74) is 6.23. The SMILES string of the molecule is CC(C)(C)c1cc(C2Cc3ccccc32)cc(C(C)(C)C)c1O. The number of hydrogen-bond acceptors (Lipinski definition) is 1. The maximum absolute atomic E-state index is 10.9. The van der Waals surface area contributed by atoms with Gasteiger partial charge in [-0.3, -0.25) is 0 Å². The average Bonchev–Trinajstić information content (AvgIpc) is 2.39. The largest absolute Gasteiger partial charge is 0.507 e. The number of phenolic OH excluding ortho intramolecular Hbond substituents is 1. The van der Waals surface area contributed by atoms with Crippen LogP contribution in [0.3, 0.4) is 0 Å². The summed E-state index contributed by atoms with van der Waals surface area (Å²) in [6, 6.07) is 13.2. The van der Waals surface area contributed by atoms with Crippen LogP contribution in [0.5, 0.6) is 5.75 Å². The molecule has 0 saturated heterocycles. The van der Waals surface area contributed by atoms with E-state index in [2.05, 4.69) is 77.9 Å². The Morgan fingerprint density at radius 2 is 1.39 bits per heavy atom. The lowest BCUT2D eigenvalue weighted by Crippen LogP contribution is -2.22. The molecule has 0 amide bonds. The summed E-state index contributed by atoms with van der Waals surface area (Å²) < 4.78 is 0. The summed E-state index contributed by atoms with van der Waals surface area (Å²) in [6.45, 7) is 13.0. The number of hydrogen-bond donors (Lipinski definition) is 1. The van der Waals surface area contributed by atoms with E-state index in [1.54, 1.807) is 0 Å². The first kappa shape index (κ1) is 16.1. The topological polar surface area (TPSA) is 20.2 Å². The zero-order chi connectivity index (χ0) is 17.0. The van der Waals surface area contributed by atoms with Gasteiger partial charge in [0.25, 0.3) is 0 Å². The molecule has 3 rings (SSSR count). The molecule has 0 aliphatic heterocycles. The lowest BCUT2D eigenvalue weighted by atomic mass is 9.70. The first-order valence-electron chi connectivity index (χ1n) is 8.54. The van der Waals surface area contributed by atoms with Crippen LogP contribution in [0.1, 0.15) is 75.3 Å². The van der Waals surface area contributed by atoms with Gasteiger partial charge in [0.15, 0.2) is 0 Å². The van der Waals surface area contributed by atoms with Crippen LogP contribution in [0.15, 0.2) is 36.4 Å². The molecule has 1 nitrogen and oxygen atoms in total. The number of phenols is 1. The molecule has 1 aliphatic rings. The molecule has 1 aliphatic carbocycles. The maximum Gasteiger partial charge on any atom is 0.123 e. The van der Waals surface area contributed by atoms with Crippen molar-refractivity contribution in [2.75, 3.05) is 0 Å². The van der Waals surface area contributed by atoms with Crippen molar-refractivity contribution >= 4 is 0 Å². The molecule has 0 heterocycles. The van der Waals surface area contributed by atoms with E-state index >= 15 is 0 Å². The molecule has 2 aromatic rings. The van der Waals surface area contributed by atoms with Crippen LogP contribution in [-0.4, -0.2) is 5.11 Å². The van der Waals surface area contributed by atoms with Crippen molar-refractivity contribution in [3.8, 4) is 5.75 Å². The number of rotatable bonds is 1. The van der Waals surface area contributed by atoms with E-state index in [0.29, 0.717) is 11.7 Å². The summed E-state index contributed by atoms with van der Waals surface area (Å²) in [7, 11) is 0. The summed E-state index contributed by atoms with van der Waals surface area (Å²) in [4.78, 5) is 0. The first-order valence-corrected chi connectivity index (χ1v) is 8.54. The minimum atomic E-state index is -0.0661. The molecule has 0 aromatic heterocycles. The van der Waals surface area contributed by atoms with Gasteiger partial charge in [-0.1, -0.05) is 77.9 Å². The third-order valence-corrected chi connectivity index (χ3v) is 5.01. The van der Waals surface area contributed by atoms with Gasteiger partial charge in [-0.15, -0.1) is 0 Å². The molecule has 122 valence electrons. The molecule has 1 atom stereocenters. The predicted octanol–water partition coefficient (Wildman–Crippen LogP) is 5.68. The highest BCUT2D eigenvalue weighted by atomic mass is 16.3. The van der Waals surface area contributed by atoms with E-state index in [9.17, 15) is 5.11 Å². The molecule has 2 aromatic carbocycles. The lowest BCUT2D eigenvalue weighted by molar-refractivity contribution is 0.422. The summed E-state index contributed by atoms with van der Waals surface area (Å²) >= 11 is 0. The van der Waals surface area contributed by atoms with Gasteiger partial charge in [0.1, 0.15) is 5.75 Å². The van der Waals surface area contributed by atoms with Crippen molar-refractivity contribution < 1.29 is 5.11 Å². The highest BCUT2D eigenvalue weighted by Crippen LogP contribution is 2.45. The smallest absolute Gasteiger partial charge is 0.123 e. The second-order valence-corrected chi connectivity index (χ2v) is 8.92. The van der Waals surface area contributed by atoms with Crippen molar-refractivity contribution in [3.05, 3.63) is 64.2 Å². The number of fused-ring (bicyclic) bond motifs is 1. The highest BCUT2D eigenvalue weighted by Gasteiger charge is 2.32. The fourth-order valence-corrected chi connectivity index (χ4v) is 3.56. The second-order valence-electron chi connectivity index (χ2n) is 8.92. The minimum Gasteiger partial charge on any atom is -0.507 e. The Morgan fingerprint density at radius 3 is 1.87 bits per heavy atom. The standard InChI is InChI=1S/C22H28O/c1-21(2,3)18-12-15(13-19(20(18)23)22(4,5)6)17-11-14-9-7-8-10-16(14)17/h7-10,12-13,17,23H,11H2,1-6H3. The lowest BCUT2D eigenvalue weighted by Gasteiger charge is -2.34. The molecular weight excluding hydrogens is 280 g/mol. The van der Waals surface area contributed by atoms with Crippen molar-refractivity contribution in [3.63, 3.8) is 0 Å². The molecule has 1 N–H and O–H groups in total. The van der Waals surface area contributed by atoms with Crippen LogP contribution in [0, 0.1) is 0 Å². The van der Waals surface area contributed by atoms with Crippen molar-refractivity contribution in [2.24, 2.45) is 0 Å². The molecule has 0 fully saturated rings. The molecule has 23 heavy (non-hydrogen) atoms. The molecule has 0 radical (unpaired) electrons. The van der Waals surface area contributed by atoms with Gasteiger partial charge in [0.05, 0.1) is 0 Å². The third-order valence-electron chi connectivity index (χ3n) is 5.01. The van der Waals surface area contributed by atoms with Crippen LogP contribution in [0.25, 0.3) is 0 Å². The van der Waals surface area contributed by atoms with Gasteiger partial charge < -0.3 is 5.11 Å². The second kappa shape index (κ2) is 5.12. The molecule has 1 heteroatoms. The molecular formula is C22H28O. The summed E-state index contributed by atoms with van der Waals surface area (Å²) in [5, 5.41) is 10.9. The quantitative estimate of drug-likeness (QED) is 0.719. The number of aromatic hydroxyl groups is 1. The third kappa shape index (κ3) is 2.78. The molecule has 0 spiro atoms. The Balaban J connectivity index is 2.16. The monoisotopic (exact) mass is 308 g/mol. The van der Waals surface area contributed by atoms with Crippen LogP contribution < -0.4 is 0 Å². The van der Waals surface area contributed by atoms with Gasteiger partial charge in [-0.25, -0.2) is 0 Å². The van der Waals surface area contributed by atoms with Crippen molar-refractivity contribution in [1.29, 1.82) is 0 Å². The zero-order valence-corrected chi connectivity index (χ0v) is 15.2. The molecule has 0 bridgehead atoms. The van der Waals surface area contributed by atoms with Crippen LogP contribution >= 0.6 is 0 Å². The minimum absolute atomic E-state index is 0.0661. The van der Waals surface area contributed by atoms with E-state index in [1.165, 1.54) is 16.7 Å². The van der Waals surface area contributed by atoms with Gasteiger partial charge >= 0.3 is 0 Å². The summed E-state index contributed by atoms with van der Waals surface area (Å²) in [5.74, 6) is 0.940. The normalized spacial score (nSPS) is 17.6. The van der Waals surface area contributed by atoms with Crippen molar-refractivity contribution in [1.82, 2.24) is 0 Å². The fourth-order valence-electron chi connectivity index (χ4n) is 3.56. The molecule has 0 saturated carbocycles. The number of benzene rings is 2. The Bertz CT molecular complexity index is 706. The van der Waals surface area contributed by atoms with Gasteiger partial charge in [0, 0.05) is 5.92 Å². The first-order chi connectivity index (χ1) is 10.6. The molecule has 1 unspecified atom stereocenters. The predicted molar refractivity (Wildman–Crippen MR) is 97.5 cm³/mol. The van der Waals surface area contributed by atoms with Crippen molar-refractivity contribution in [2.45, 2.75) is 64.7 Å². The van der Waals surface area contributed by atoms with Gasteiger partial charge in [-0.2, -0.15) is 0 Å². The van der Waals surface area contributed by atoms with Gasteiger partial charge in [0.2, 0.25) is 0 Å². The average molecular weight is 308 g/mol. The van der Waals surface area contributed by atoms with E-state index in [-0.39, 0.29) is 10.8 Å². The van der Waals surface area contributed by atoms with Crippen LogP contribution in [-0.2, 0) is 17.3 Å². The van der Waals surface area contributed by atoms with E-state index < -0.39 is 0 Å². The van der Waals surface area contributed by atoms with Crippen LogP contribution in [0.2, 0.25) is 0 Å². The fraction of sp³-hybridized carbons (Fsp3) is 0.455. The Morgan fingerprint density at radius 1 is 0.870 bits per heavy atom. The Kier molecular flexibility index (Phi) is 3.59. The van der Waals surface area contributed by atoms with E-state index in [4.69, 9.17) is 0 Å². The highest BCUT2D eigenvalue weighted by molar-refractivity contribution is 5.55. The Hall–Kier alpha value is -1.76. The van der Waals surface area contributed by atoms with Crippen LogP contribution in [0.4, 0.5) is 0 Å².